The standard InChI is InChI=1S/C11H16N4O4/c16-2-6(3-17)15-8(4-18)7-1-12-10-9(7)13-5-14-11(10)19/h1,5-6,8,12,15-18H,2-4H2,(H,13,14,19)/t8-/m0/s1. The number of H-pyrrole nitrogens is 2. The van der Waals surface area contributed by atoms with E-state index >= 15 is 0 Å². The number of aromatic amines is 2. The summed E-state index contributed by atoms with van der Waals surface area (Å²) in [4.78, 5) is 20.9. The molecule has 0 aromatic carbocycles. The molecular weight excluding hydrogens is 252 g/mol. The van der Waals surface area contributed by atoms with Crippen molar-refractivity contribution in [1.82, 2.24) is 20.3 Å². The quantitative estimate of drug-likeness (QED) is 0.367. The van der Waals surface area contributed by atoms with Crippen LogP contribution in [0, 0.1) is 0 Å². The minimum atomic E-state index is -0.552. The summed E-state index contributed by atoms with van der Waals surface area (Å²) in [5, 5.41) is 30.4. The van der Waals surface area contributed by atoms with Crippen molar-refractivity contribution in [1.29, 1.82) is 0 Å². The van der Waals surface area contributed by atoms with Gasteiger partial charge in [0.25, 0.3) is 5.56 Å². The van der Waals surface area contributed by atoms with Crippen LogP contribution in [0.3, 0.4) is 0 Å². The molecule has 0 aliphatic rings. The second kappa shape index (κ2) is 5.93. The van der Waals surface area contributed by atoms with Crippen molar-refractivity contribution in [2.45, 2.75) is 12.1 Å². The van der Waals surface area contributed by atoms with Crippen molar-refractivity contribution in [3.63, 3.8) is 0 Å². The molecule has 0 amide bonds. The molecule has 0 unspecified atom stereocenters. The molecule has 0 fully saturated rings. The third-order valence-electron chi connectivity index (χ3n) is 2.93. The maximum absolute atomic E-state index is 11.5. The molecule has 2 aromatic rings. The fourth-order valence-corrected chi connectivity index (χ4v) is 1.92. The van der Waals surface area contributed by atoms with Crippen LogP contribution in [0.15, 0.2) is 17.3 Å². The molecule has 1 atom stereocenters. The van der Waals surface area contributed by atoms with Gasteiger partial charge in [0.2, 0.25) is 0 Å². The maximum atomic E-state index is 11.5. The van der Waals surface area contributed by atoms with E-state index in [1.165, 1.54) is 6.33 Å². The normalized spacial score (nSPS) is 13.3. The highest BCUT2D eigenvalue weighted by atomic mass is 16.3. The highest BCUT2D eigenvalue weighted by Gasteiger charge is 2.20. The van der Waals surface area contributed by atoms with E-state index in [-0.39, 0.29) is 25.4 Å². The molecule has 2 rings (SSSR count). The van der Waals surface area contributed by atoms with E-state index < -0.39 is 12.1 Å². The minimum Gasteiger partial charge on any atom is -0.395 e. The van der Waals surface area contributed by atoms with Gasteiger partial charge in [-0.05, 0) is 0 Å². The van der Waals surface area contributed by atoms with E-state index in [0.29, 0.717) is 16.6 Å². The summed E-state index contributed by atoms with van der Waals surface area (Å²) in [6.45, 7) is -0.773. The zero-order valence-electron chi connectivity index (χ0n) is 10.1. The van der Waals surface area contributed by atoms with Gasteiger partial charge in [0, 0.05) is 11.8 Å². The fraction of sp³-hybridized carbons (Fsp3) is 0.455. The first-order chi connectivity index (χ1) is 9.21. The van der Waals surface area contributed by atoms with Gasteiger partial charge < -0.3 is 30.6 Å². The van der Waals surface area contributed by atoms with Gasteiger partial charge in [-0.3, -0.25) is 4.79 Å². The van der Waals surface area contributed by atoms with E-state index in [4.69, 9.17) is 10.2 Å². The van der Waals surface area contributed by atoms with Crippen molar-refractivity contribution < 1.29 is 15.3 Å². The summed E-state index contributed by atoms with van der Waals surface area (Å²) in [6, 6.07) is -1.09. The van der Waals surface area contributed by atoms with Crippen LogP contribution in [0.2, 0.25) is 0 Å². The lowest BCUT2D eigenvalue weighted by molar-refractivity contribution is 0.145. The second-order valence-electron chi connectivity index (χ2n) is 4.16. The zero-order valence-corrected chi connectivity index (χ0v) is 10.1. The topological polar surface area (TPSA) is 134 Å². The average molecular weight is 268 g/mol. The van der Waals surface area contributed by atoms with Crippen LogP contribution in [0.5, 0.6) is 0 Å². The van der Waals surface area contributed by atoms with Crippen LogP contribution in [0.25, 0.3) is 11.0 Å². The Kier molecular flexibility index (Phi) is 4.27. The Morgan fingerprint density at radius 2 is 1.95 bits per heavy atom. The van der Waals surface area contributed by atoms with E-state index in [9.17, 15) is 9.90 Å². The predicted molar refractivity (Wildman–Crippen MR) is 67.6 cm³/mol. The number of nitrogens with zero attached hydrogens (tertiary/aromatic N) is 1. The van der Waals surface area contributed by atoms with Gasteiger partial charge in [-0.15, -0.1) is 0 Å². The predicted octanol–water partition coefficient (Wildman–Crippen LogP) is -1.77. The summed E-state index contributed by atoms with van der Waals surface area (Å²) >= 11 is 0. The molecule has 2 aromatic heterocycles. The molecule has 0 bridgehead atoms. The first-order valence-corrected chi connectivity index (χ1v) is 5.84. The number of aromatic nitrogens is 3. The molecule has 0 spiro atoms. The van der Waals surface area contributed by atoms with E-state index in [1.807, 2.05) is 0 Å². The number of hydrogen-bond acceptors (Lipinski definition) is 6. The highest BCUT2D eigenvalue weighted by molar-refractivity contribution is 5.78. The van der Waals surface area contributed by atoms with Crippen LogP contribution < -0.4 is 10.9 Å². The first-order valence-electron chi connectivity index (χ1n) is 5.84. The van der Waals surface area contributed by atoms with E-state index in [0.717, 1.165) is 0 Å². The summed E-state index contributed by atoms with van der Waals surface area (Å²) < 4.78 is 0. The van der Waals surface area contributed by atoms with Gasteiger partial charge in [-0.1, -0.05) is 0 Å². The summed E-state index contributed by atoms with van der Waals surface area (Å²) in [7, 11) is 0. The Balaban J connectivity index is 2.36. The van der Waals surface area contributed by atoms with Gasteiger partial charge in [0.05, 0.1) is 38.2 Å². The Hall–Kier alpha value is -1.74. The smallest absolute Gasteiger partial charge is 0.275 e. The summed E-state index contributed by atoms with van der Waals surface area (Å²) in [5.41, 5.74) is 1.08. The molecule has 2 heterocycles. The Morgan fingerprint density at radius 1 is 1.21 bits per heavy atom. The molecule has 0 aliphatic heterocycles. The molecule has 8 nitrogen and oxygen atoms in total. The third-order valence-corrected chi connectivity index (χ3v) is 2.93. The number of nitrogens with one attached hydrogen (secondary N) is 3. The van der Waals surface area contributed by atoms with Crippen molar-refractivity contribution in [2.75, 3.05) is 19.8 Å². The number of aliphatic hydroxyl groups is 3. The zero-order chi connectivity index (χ0) is 13.8. The van der Waals surface area contributed by atoms with Gasteiger partial charge >= 0.3 is 0 Å². The van der Waals surface area contributed by atoms with Crippen LogP contribution in [-0.4, -0.2) is 56.1 Å². The van der Waals surface area contributed by atoms with Crippen molar-refractivity contribution in [3.05, 3.63) is 28.4 Å². The van der Waals surface area contributed by atoms with Gasteiger partial charge in [-0.2, -0.15) is 0 Å². The monoisotopic (exact) mass is 268 g/mol. The third kappa shape index (κ3) is 2.66. The molecular formula is C11H16N4O4. The van der Waals surface area contributed by atoms with Crippen LogP contribution in [0.1, 0.15) is 11.6 Å². The number of rotatable bonds is 6. The van der Waals surface area contributed by atoms with Crippen LogP contribution in [-0.2, 0) is 0 Å². The van der Waals surface area contributed by atoms with Crippen molar-refractivity contribution >= 4 is 11.0 Å². The van der Waals surface area contributed by atoms with E-state index in [1.54, 1.807) is 6.20 Å². The van der Waals surface area contributed by atoms with Crippen LogP contribution in [0.4, 0.5) is 0 Å². The number of fused-ring (bicyclic) bond motifs is 1. The SMILES string of the molecule is O=c1[nH]cnc2c([C@H](CO)NC(CO)CO)c[nH]c12. The Morgan fingerprint density at radius 3 is 2.58 bits per heavy atom. The molecule has 0 saturated carbocycles. The highest BCUT2D eigenvalue weighted by Crippen LogP contribution is 2.20. The minimum absolute atomic E-state index is 0.252. The van der Waals surface area contributed by atoms with Gasteiger partial charge in [-0.25, -0.2) is 4.98 Å². The van der Waals surface area contributed by atoms with Gasteiger partial charge in [0.15, 0.2) is 0 Å². The molecule has 8 heteroatoms. The Labute approximate surface area is 108 Å². The lowest BCUT2D eigenvalue weighted by Crippen LogP contribution is -2.39. The summed E-state index contributed by atoms with van der Waals surface area (Å²) in [5.74, 6) is 0. The molecule has 104 valence electrons. The second-order valence-corrected chi connectivity index (χ2v) is 4.16. The molecule has 0 aliphatic carbocycles. The molecule has 19 heavy (non-hydrogen) atoms. The number of hydrogen-bond donors (Lipinski definition) is 6. The first kappa shape index (κ1) is 13.7. The van der Waals surface area contributed by atoms with Crippen LogP contribution >= 0.6 is 0 Å². The fourth-order valence-electron chi connectivity index (χ4n) is 1.92. The number of aliphatic hydroxyl groups excluding tert-OH is 3. The van der Waals surface area contributed by atoms with Crippen molar-refractivity contribution in [3.8, 4) is 0 Å². The lowest BCUT2D eigenvalue weighted by atomic mass is 10.1. The lowest BCUT2D eigenvalue weighted by Gasteiger charge is -2.21. The Bertz CT molecular complexity index is 590. The molecule has 6 N–H and O–H groups in total. The average Bonchev–Trinajstić information content (AvgIpc) is 2.86. The largest absolute Gasteiger partial charge is 0.395 e. The molecule has 0 saturated heterocycles. The summed E-state index contributed by atoms with van der Waals surface area (Å²) in [6.07, 6.45) is 2.86. The van der Waals surface area contributed by atoms with Crippen molar-refractivity contribution in [2.24, 2.45) is 0 Å². The molecule has 0 radical (unpaired) electrons. The maximum Gasteiger partial charge on any atom is 0.275 e. The van der Waals surface area contributed by atoms with E-state index in [2.05, 4.69) is 20.3 Å². The van der Waals surface area contributed by atoms with Gasteiger partial charge in [0.1, 0.15) is 11.0 Å².